The number of anilines is 3. The van der Waals surface area contributed by atoms with Crippen LogP contribution in [0.3, 0.4) is 0 Å². The number of hydrogen-bond acceptors (Lipinski definition) is 2. The second kappa shape index (κ2) is 11.2. The molecule has 0 saturated heterocycles. The van der Waals surface area contributed by atoms with Gasteiger partial charge in [-0.3, -0.25) is 0 Å². The van der Waals surface area contributed by atoms with E-state index in [1.54, 1.807) is 0 Å². The zero-order chi connectivity index (χ0) is 37.2. The van der Waals surface area contributed by atoms with Crippen molar-refractivity contribution in [3.05, 3.63) is 166 Å². The summed E-state index contributed by atoms with van der Waals surface area (Å²) in [6, 6.07) is 46.3. The monoisotopic (exact) mass is 691 g/mol. The number of aryl methyl sites for hydroxylation is 1. The molecule has 0 aliphatic carbocycles. The molecule has 0 atom stereocenters. The highest BCUT2D eigenvalue weighted by atomic mass is 16.5. The Morgan fingerprint density at radius 3 is 1.60 bits per heavy atom. The predicted octanol–water partition coefficient (Wildman–Crippen LogP) is 11.0. The first kappa shape index (κ1) is 33.8. The number of nitrogens with zero attached hydrogens (tertiary/aromatic N) is 1. The van der Waals surface area contributed by atoms with E-state index in [2.05, 4.69) is 195 Å². The van der Waals surface area contributed by atoms with E-state index in [1.807, 2.05) is 0 Å². The van der Waals surface area contributed by atoms with Crippen molar-refractivity contribution in [1.29, 1.82) is 0 Å². The van der Waals surface area contributed by atoms with E-state index in [4.69, 9.17) is 4.74 Å². The van der Waals surface area contributed by atoms with Crippen molar-refractivity contribution in [3.63, 3.8) is 0 Å². The molecule has 0 aromatic heterocycles. The molecule has 0 radical (unpaired) electrons. The van der Waals surface area contributed by atoms with Crippen molar-refractivity contribution in [2.75, 3.05) is 4.90 Å². The molecule has 9 rings (SSSR count). The minimum atomic E-state index is -0.575. The van der Waals surface area contributed by atoms with E-state index in [0.717, 1.165) is 11.5 Å². The average Bonchev–Trinajstić information content (AvgIpc) is 3.11. The third-order valence-corrected chi connectivity index (χ3v) is 12.1. The van der Waals surface area contributed by atoms with Crippen molar-refractivity contribution in [1.82, 2.24) is 0 Å². The lowest BCUT2D eigenvalue weighted by atomic mass is 9.28. The van der Waals surface area contributed by atoms with E-state index in [0.29, 0.717) is 0 Å². The van der Waals surface area contributed by atoms with Crippen molar-refractivity contribution >= 4 is 40.2 Å². The van der Waals surface area contributed by atoms with Gasteiger partial charge < -0.3 is 9.64 Å². The first-order valence-corrected chi connectivity index (χ1v) is 19.3. The van der Waals surface area contributed by atoms with Crippen LogP contribution in [0.25, 0.3) is 0 Å². The van der Waals surface area contributed by atoms with Crippen LogP contribution in [0.4, 0.5) is 17.1 Å². The maximum absolute atomic E-state index is 7.24. The summed E-state index contributed by atoms with van der Waals surface area (Å²) in [7, 11) is 0. The Kier molecular flexibility index (Phi) is 7.17. The Hall–Kier alpha value is -5.02. The Bertz CT molecular complexity index is 2370. The van der Waals surface area contributed by atoms with Gasteiger partial charge in [-0.15, -0.1) is 0 Å². The van der Waals surface area contributed by atoms with Crippen LogP contribution in [-0.4, -0.2) is 6.71 Å². The fourth-order valence-electron chi connectivity index (χ4n) is 9.31. The highest BCUT2D eigenvalue weighted by molar-refractivity contribution is 7.00. The van der Waals surface area contributed by atoms with Crippen molar-refractivity contribution < 1.29 is 4.74 Å². The number of hydrogen-bond donors (Lipinski definition) is 0. The van der Waals surface area contributed by atoms with Gasteiger partial charge in [0.1, 0.15) is 11.5 Å². The molecule has 0 saturated carbocycles. The van der Waals surface area contributed by atoms with E-state index in [-0.39, 0.29) is 23.0 Å². The lowest BCUT2D eigenvalue weighted by Crippen LogP contribution is -2.67. The van der Waals surface area contributed by atoms with E-state index in [9.17, 15) is 0 Å². The van der Waals surface area contributed by atoms with E-state index < -0.39 is 5.41 Å². The minimum absolute atomic E-state index is 0.0199. The molecule has 0 bridgehead atoms. The molecule has 3 aliphatic rings. The SMILES string of the molecule is Cc1cc2c3c(c1)N(c1cc(C(C)(C)C)cc(C(C)(C)C)c1)c1cccc4c1B3c1c(cc(C(C)(C)C)cc1C4(c1ccccc1)c1ccccc1)O2. The number of benzene rings is 6. The van der Waals surface area contributed by atoms with Crippen LogP contribution >= 0.6 is 0 Å². The lowest BCUT2D eigenvalue weighted by molar-refractivity contribution is 0.480. The summed E-state index contributed by atoms with van der Waals surface area (Å²) in [6.07, 6.45) is 0. The summed E-state index contributed by atoms with van der Waals surface area (Å²) < 4.78 is 7.24. The van der Waals surface area contributed by atoms with Crippen LogP contribution in [0.5, 0.6) is 11.5 Å². The second-order valence-electron chi connectivity index (χ2n) is 18.7. The Balaban J connectivity index is 1.47. The summed E-state index contributed by atoms with van der Waals surface area (Å²) in [6.45, 7) is 23.2. The molecular weight excluding hydrogens is 641 g/mol. The molecule has 0 fully saturated rings. The molecule has 2 nitrogen and oxygen atoms in total. The van der Waals surface area contributed by atoms with Gasteiger partial charge in [-0.2, -0.15) is 0 Å². The van der Waals surface area contributed by atoms with Crippen LogP contribution in [0, 0.1) is 6.92 Å². The normalized spacial score (nSPS) is 15.2. The van der Waals surface area contributed by atoms with Gasteiger partial charge in [-0.1, -0.05) is 147 Å². The summed E-state index contributed by atoms with van der Waals surface area (Å²) in [5.74, 6) is 1.95. The highest BCUT2D eigenvalue weighted by Gasteiger charge is 2.55. The van der Waals surface area contributed by atoms with Gasteiger partial charge in [-0.25, -0.2) is 0 Å². The standard InChI is InChI=1S/C50H50BNO/c1-31-24-41-46-42(25-31)53-43-30-36(49(8,9)10)29-39-45(43)51(46)44-38(50(39,32-18-13-11-14-19-32)33-20-15-12-16-21-33)22-17-23-40(44)52(41)37-27-34(47(2,3)4)26-35(28-37)48(5,6)7/h11-30H,1-10H3. The number of rotatable bonds is 3. The fourth-order valence-corrected chi connectivity index (χ4v) is 9.31. The number of ether oxygens (including phenoxy) is 1. The topological polar surface area (TPSA) is 12.5 Å². The van der Waals surface area contributed by atoms with Gasteiger partial charge in [0, 0.05) is 17.1 Å². The third kappa shape index (κ3) is 4.92. The zero-order valence-electron chi connectivity index (χ0n) is 33.0. The van der Waals surface area contributed by atoms with Gasteiger partial charge >= 0.3 is 0 Å². The molecule has 3 heterocycles. The largest absolute Gasteiger partial charge is 0.458 e. The van der Waals surface area contributed by atoms with Crippen LogP contribution in [0.2, 0.25) is 0 Å². The van der Waals surface area contributed by atoms with Gasteiger partial charge in [0.25, 0.3) is 6.71 Å². The Morgan fingerprint density at radius 2 is 1.04 bits per heavy atom. The van der Waals surface area contributed by atoms with Crippen LogP contribution in [0.1, 0.15) is 107 Å². The van der Waals surface area contributed by atoms with E-state index >= 15 is 0 Å². The Morgan fingerprint density at radius 1 is 0.491 bits per heavy atom. The fraction of sp³-hybridized carbons (Fsp3) is 0.280. The van der Waals surface area contributed by atoms with Gasteiger partial charge in [-0.05, 0) is 120 Å². The smallest absolute Gasteiger partial charge is 0.257 e. The molecule has 264 valence electrons. The van der Waals surface area contributed by atoms with Crippen LogP contribution in [0.15, 0.2) is 121 Å². The van der Waals surface area contributed by atoms with Crippen LogP contribution < -0.4 is 26.0 Å². The summed E-state index contributed by atoms with van der Waals surface area (Å²) in [5, 5.41) is 0. The maximum atomic E-state index is 7.24. The summed E-state index contributed by atoms with van der Waals surface area (Å²) >= 11 is 0. The molecule has 0 amide bonds. The lowest BCUT2D eigenvalue weighted by Gasteiger charge is -2.50. The molecule has 0 unspecified atom stereocenters. The Labute approximate surface area is 317 Å². The average molecular weight is 692 g/mol. The molecule has 53 heavy (non-hydrogen) atoms. The summed E-state index contributed by atoms with van der Waals surface area (Å²) in [4.78, 5) is 2.56. The molecule has 6 aromatic carbocycles. The van der Waals surface area contributed by atoms with Crippen LogP contribution in [-0.2, 0) is 21.7 Å². The van der Waals surface area contributed by atoms with Crippen molar-refractivity contribution in [3.8, 4) is 11.5 Å². The summed E-state index contributed by atoms with van der Waals surface area (Å²) in [5.41, 5.74) is 17.3. The van der Waals surface area contributed by atoms with Gasteiger partial charge in [0.05, 0.1) is 5.41 Å². The van der Waals surface area contributed by atoms with Crippen molar-refractivity contribution in [2.24, 2.45) is 0 Å². The second-order valence-corrected chi connectivity index (χ2v) is 18.7. The highest BCUT2D eigenvalue weighted by Crippen LogP contribution is 2.53. The first-order chi connectivity index (χ1) is 25.1. The van der Waals surface area contributed by atoms with Gasteiger partial charge in [0.2, 0.25) is 0 Å². The molecule has 0 N–H and O–H groups in total. The maximum Gasteiger partial charge on any atom is 0.257 e. The molecule has 3 heteroatoms. The van der Waals surface area contributed by atoms with Gasteiger partial charge in [0.15, 0.2) is 0 Å². The zero-order valence-corrected chi connectivity index (χ0v) is 33.0. The molecule has 6 aromatic rings. The molecule has 0 spiro atoms. The third-order valence-electron chi connectivity index (χ3n) is 12.1. The quantitative estimate of drug-likeness (QED) is 0.171. The molecule has 3 aliphatic heterocycles. The predicted molar refractivity (Wildman–Crippen MR) is 225 cm³/mol. The van der Waals surface area contributed by atoms with E-state index in [1.165, 1.54) is 78.0 Å². The molecular formula is C50H50BNO. The first-order valence-electron chi connectivity index (χ1n) is 19.3. The minimum Gasteiger partial charge on any atom is -0.458 e. The van der Waals surface area contributed by atoms with Crippen molar-refractivity contribution in [2.45, 2.75) is 90.9 Å².